The fraction of sp³-hybridized carbons (Fsp3) is 0.438. The normalized spacial score (nSPS) is 11.8. The van der Waals surface area contributed by atoms with E-state index in [1.807, 2.05) is 11.3 Å². The number of hydrogen-bond acceptors (Lipinski definition) is 3. The molecule has 0 atom stereocenters. The van der Waals surface area contributed by atoms with Crippen LogP contribution in [0.3, 0.4) is 0 Å². The molecule has 0 aliphatic rings. The zero-order valence-electron chi connectivity index (χ0n) is 12.5. The van der Waals surface area contributed by atoms with E-state index in [1.165, 1.54) is 15.4 Å². The predicted molar refractivity (Wildman–Crippen MR) is 90.4 cm³/mol. The molecule has 1 heterocycles. The molecule has 0 unspecified atom stereocenters. The Morgan fingerprint density at radius 3 is 2.70 bits per heavy atom. The number of halogens is 1. The lowest BCUT2D eigenvalue weighted by atomic mass is 10.1. The summed E-state index contributed by atoms with van der Waals surface area (Å²) < 4.78 is 1.12. The molecule has 20 heavy (non-hydrogen) atoms. The summed E-state index contributed by atoms with van der Waals surface area (Å²) in [7, 11) is 0. The summed E-state index contributed by atoms with van der Waals surface area (Å²) in [6, 6.07) is 8.43. The van der Waals surface area contributed by atoms with Crippen molar-refractivity contribution in [3.8, 4) is 0 Å². The Balaban J connectivity index is 2.07. The summed E-state index contributed by atoms with van der Waals surface area (Å²) in [6.07, 6.45) is 0.903. The lowest BCUT2D eigenvalue weighted by molar-refractivity contribution is 0.425. The maximum Gasteiger partial charge on any atom is 0.0975 e. The van der Waals surface area contributed by atoms with Gasteiger partial charge in [-0.1, -0.05) is 28.1 Å². The van der Waals surface area contributed by atoms with Crippen molar-refractivity contribution in [3.05, 3.63) is 49.9 Å². The zero-order chi connectivity index (χ0) is 14.8. The number of benzene rings is 1. The van der Waals surface area contributed by atoms with Crippen molar-refractivity contribution >= 4 is 27.3 Å². The number of hydrogen-bond donors (Lipinski definition) is 1. The second-order valence-electron chi connectivity index (χ2n) is 6.03. The first-order chi connectivity index (χ1) is 9.33. The van der Waals surface area contributed by atoms with Gasteiger partial charge in [-0.2, -0.15) is 0 Å². The van der Waals surface area contributed by atoms with Gasteiger partial charge in [0.25, 0.3) is 0 Å². The molecule has 0 bridgehead atoms. The van der Waals surface area contributed by atoms with E-state index in [4.69, 9.17) is 4.98 Å². The largest absolute Gasteiger partial charge is 0.307 e. The Kier molecular flexibility index (Phi) is 4.99. The first-order valence-electron chi connectivity index (χ1n) is 6.78. The Hall–Kier alpha value is -0.710. The molecule has 1 aromatic carbocycles. The second kappa shape index (κ2) is 6.37. The Morgan fingerprint density at radius 1 is 1.30 bits per heavy atom. The molecule has 1 N–H and O–H groups in total. The number of thiazole rings is 1. The Labute approximate surface area is 133 Å². The zero-order valence-corrected chi connectivity index (χ0v) is 14.9. The molecule has 0 spiro atoms. The Morgan fingerprint density at radius 2 is 2.05 bits per heavy atom. The van der Waals surface area contributed by atoms with Gasteiger partial charge in [-0.05, 0) is 45.4 Å². The van der Waals surface area contributed by atoms with Crippen molar-refractivity contribution in [1.29, 1.82) is 0 Å². The maximum atomic E-state index is 4.70. The van der Waals surface area contributed by atoms with Gasteiger partial charge in [0, 0.05) is 27.9 Å². The number of nitrogens with zero attached hydrogens (tertiary/aromatic N) is 1. The monoisotopic (exact) mass is 352 g/mol. The van der Waals surface area contributed by atoms with Gasteiger partial charge in [-0.25, -0.2) is 4.98 Å². The van der Waals surface area contributed by atoms with Crippen molar-refractivity contribution in [3.63, 3.8) is 0 Å². The maximum absolute atomic E-state index is 4.70. The van der Waals surface area contributed by atoms with Crippen LogP contribution in [0.25, 0.3) is 0 Å². The van der Waals surface area contributed by atoms with Crippen molar-refractivity contribution in [2.75, 3.05) is 0 Å². The topological polar surface area (TPSA) is 24.9 Å². The predicted octanol–water partition coefficient (Wildman–Crippen LogP) is 4.69. The molecule has 0 fully saturated rings. The fourth-order valence-electron chi connectivity index (χ4n) is 1.89. The summed E-state index contributed by atoms with van der Waals surface area (Å²) in [5.74, 6) is 0. The van der Waals surface area contributed by atoms with Gasteiger partial charge in [0.2, 0.25) is 0 Å². The highest BCUT2D eigenvalue weighted by Gasteiger charge is 2.13. The van der Waals surface area contributed by atoms with Crippen LogP contribution in [0.4, 0.5) is 0 Å². The smallest absolute Gasteiger partial charge is 0.0975 e. The molecular weight excluding hydrogens is 332 g/mol. The standard InChI is InChI=1S/C16H21BrN2S/c1-11-14(10-18-16(2,3)4)20-15(19-11)9-12-6-5-7-13(17)8-12/h5-8,18H,9-10H2,1-4H3. The van der Waals surface area contributed by atoms with Crippen LogP contribution < -0.4 is 5.32 Å². The first kappa shape index (κ1) is 15.7. The fourth-order valence-corrected chi connectivity index (χ4v) is 3.39. The molecule has 2 aromatic rings. The van der Waals surface area contributed by atoms with Crippen LogP contribution in [0.15, 0.2) is 28.7 Å². The van der Waals surface area contributed by atoms with Gasteiger partial charge in [-0.3, -0.25) is 0 Å². The summed E-state index contributed by atoms with van der Waals surface area (Å²) in [4.78, 5) is 6.04. The SMILES string of the molecule is Cc1nc(Cc2cccc(Br)c2)sc1CNC(C)(C)C. The number of rotatable bonds is 4. The minimum Gasteiger partial charge on any atom is -0.307 e. The molecule has 1 aromatic heterocycles. The van der Waals surface area contributed by atoms with E-state index in [0.717, 1.165) is 23.1 Å². The first-order valence-corrected chi connectivity index (χ1v) is 8.39. The highest BCUT2D eigenvalue weighted by Crippen LogP contribution is 2.22. The van der Waals surface area contributed by atoms with E-state index in [1.54, 1.807) is 0 Å². The van der Waals surface area contributed by atoms with Gasteiger partial charge in [0.05, 0.1) is 10.7 Å². The van der Waals surface area contributed by atoms with Crippen LogP contribution in [-0.2, 0) is 13.0 Å². The van der Waals surface area contributed by atoms with E-state index in [9.17, 15) is 0 Å². The van der Waals surface area contributed by atoms with E-state index in [0.29, 0.717) is 0 Å². The third kappa shape index (κ3) is 4.69. The summed E-state index contributed by atoms with van der Waals surface area (Å²) in [5.41, 5.74) is 2.58. The average molecular weight is 353 g/mol. The lowest BCUT2D eigenvalue weighted by Crippen LogP contribution is -2.34. The highest BCUT2D eigenvalue weighted by molar-refractivity contribution is 9.10. The third-order valence-electron chi connectivity index (χ3n) is 2.96. The van der Waals surface area contributed by atoms with E-state index >= 15 is 0 Å². The van der Waals surface area contributed by atoms with Gasteiger partial charge in [0.15, 0.2) is 0 Å². The number of aromatic nitrogens is 1. The molecular formula is C16H21BrN2S. The summed E-state index contributed by atoms with van der Waals surface area (Å²) in [6.45, 7) is 9.55. The molecule has 0 aliphatic carbocycles. The van der Waals surface area contributed by atoms with Crippen molar-refractivity contribution in [1.82, 2.24) is 10.3 Å². The Bertz CT molecular complexity index is 584. The summed E-state index contributed by atoms with van der Waals surface area (Å²) >= 11 is 5.33. The molecule has 0 saturated heterocycles. The van der Waals surface area contributed by atoms with E-state index in [-0.39, 0.29) is 5.54 Å². The van der Waals surface area contributed by atoms with Crippen LogP contribution in [0.5, 0.6) is 0 Å². The molecule has 0 aliphatic heterocycles. The van der Waals surface area contributed by atoms with Crippen LogP contribution >= 0.6 is 27.3 Å². The molecule has 4 heteroatoms. The molecule has 108 valence electrons. The summed E-state index contributed by atoms with van der Waals surface area (Å²) in [5, 5.41) is 4.71. The molecule has 2 rings (SSSR count). The minimum atomic E-state index is 0.140. The van der Waals surface area contributed by atoms with Gasteiger partial charge in [-0.15, -0.1) is 11.3 Å². The van der Waals surface area contributed by atoms with Crippen molar-refractivity contribution < 1.29 is 0 Å². The number of aryl methyl sites for hydroxylation is 1. The van der Waals surface area contributed by atoms with Crippen molar-refractivity contribution in [2.24, 2.45) is 0 Å². The van der Waals surface area contributed by atoms with Gasteiger partial charge >= 0.3 is 0 Å². The van der Waals surface area contributed by atoms with E-state index in [2.05, 4.69) is 73.2 Å². The quantitative estimate of drug-likeness (QED) is 0.862. The van der Waals surface area contributed by atoms with Gasteiger partial charge in [0.1, 0.15) is 0 Å². The molecule has 2 nitrogen and oxygen atoms in total. The third-order valence-corrected chi connectivity index (χ3v) is 4.61. The molecule has 0 saturated carbocycles. The van der Waals surface area contributed by atoms with Crippen LogP contribution in [0.1, 0.15) is 41.9 Å². The van der Waals surface area contributed by atoms with Gasteiger partial charge < -0.3 is 5.32 Å². The van der Waals surface area contributed by atoms with Crippen LogP contribution in [0, 0.1) is 6.92 Å². The highest BCUT2D eigenvalue weighted by atomic mass is 79.9. The average Bonchev–Trinajstić information content (AvgIpc) is 2.66. The lowest BCUT2D eigenvalue weighted by Gasteiger charge is -2.19. The van der Waals surface area contributed by atoms with Crippen LogP contribution in [0.2, 0.25) is 0 Å². The van der Waals surface area contributed by atoms with Crippen molar-refractivity contribution in [2.45, 2.75) is 46.2 Å². The molecule has 0 amide bonds. The minimum absolute atomic E-state index is 0.140. The number of nitrogens with one attached hydrogen (secondary N) is 1. The second-order valence-corrected chi connectivity index (χ2v) is 8.11. The molecule has 0 radical (unpaired) electrons. The van der Waals surface area contributed by atoms with Crippen LogP contribution in [-0.4, -0.2) is 10.5 Å². The van der Waals surface area contributed by atoms with E-state index < -0.39 is 0 Å².